The van der Waals surface area contributed by atoms with Crippen molar-refractivity contribution in [2.24, 2.45) is 0 Å². The monoisotopic (exact) mass is 624 g/mol. The highest BCUT2D eigenvalue weighted by Gasteiger charge is 2.20. The Morgan fingerprint density at radius 3 is 2.46 bits per heavy atom. The fourth-order valence-electron chi connectivity index (χ4n) is 3.65. The molecule has 0 saturated heterocycles. The van der Waals surface area contributed by atoms with E-state index in [0.29, 0.717) is 38.4 Å². The van der Waals surface area contributed by atoms with E-state index in [1.54, 1.807) is 66.7 Å². The van der Waals surface area contributed by atoms with E-state index in [-0.39, 0.29) is 16.9 Å². The average Bonchev–Trinajstić information content (AvgIpc) is 3.37. The number of nitrogens with one attached hydrogen (secondary N) is 3. The molecular formula is C30H26Cl2N4O3S2. The number of aromatic nitrogens is 1. The lowest BCUT2D eigenvalue weighted by Crippen LogP contribution is -2.30. The molecule has 3 N–H and O–H groups in total. The first-order chi connectivity index (χ1) is 19.7. The van der Waals surface area contributed by atoms with Gasteiger partial charge in [-0.15, -0.1) is 23.1 Å². The number of amides is 3. The zero-order valence-electron chi connectivity index (χ0n) is 22.1. The van der Waals surface area contributed by atoms with Crippen LogP contribution < -0.4 is 16.0 Å². The van der Waals surface area contributed by atoms with Gasteiger partial charge >= 0.3 is 0 Å². The number of carbonyl (C=O) groups is 3. The Morgan fingerprint density at radius 1 is 1.00 bits per heavy atom. The van der Waals surface area contributed by atoms with E-state index >= 15 is 0 Å². The molecule has 0 aliphatic carbocycles. The number of benzene rings is 3. The summed E-state index contributed by atoms with van der Waals surface area (Å²) < 4.78 is 0. The molecule has 41 heavy (non-hydrogen) atoms. The topological polar surface area (TPSA) is 100 Å². The molecule has 0 radical (unpaired) electrons. The number of rotatable bonds is 10. The van der Waals surface area contributed by atoms with Crippen LogP contribution in [0, 0.1) is 6.92 Å². The van der Waals surface area contributed by atoms with Gasteiger partial charge in [0, 0.05) is 31.6 Å². The molecule has 0 aliphatic heterocycles. The van der Waals surface area contributed by atoms with Crippen LogP contribution in [0.2, 0.25) is 10.0 Å². The number of carbonyl (C=O) groups excluding carboxylic acids is 3. The third kappa shape index (κ3) is 8.68. The molecule has 210 valence electrons. The van der Waals surface area contributed by atoms with Gasteiger partial charge < -0.3 is 16.0 Å². The number of nitrogens with zero attached hydrogens (tertiary/aromatic N) is 1. The molecule has 11 heteroatoms. The van der Waals surface area contributed by atoms with Gasteiger partial charge in [0.1, 0.15) is 5.70 Å². The third-order valence-electron chi connectivity index (χ3n) is 5.67. The van der Waals surface area contributed by atoms with Crippen molar-refractivity contribution in [2.45, 2.75) is 30.4 Å². The largest absolute Gasteiger partial charge is 0.321 e. The molecule has 1 aromatic heterocycles. The highest BCUT2D eigenvalue weighted by atomic mass is 35.5. The Labute approximate surface area is 256 Å². The highest BCUT2D eigenvalue weighted by Crippen LogP contribution is 2.29. The Kier molecular flexibility index (Phi) is 10.6. The maximum atomic E-state index is 13.4. The van der Waals surface area contributed by atoms with Gasteiger partial charge in [0.05, 0.1) is 10.9 Å². The molecule has 0 saturated carbocycles. The number of anilines is 2. The fraction of sp³-hybridized carbons (Fsp3) is 0.133. The highest BCUT2D eigenvalue weighted by molar-refractivity contribution is 8.00. The van der Waals surface area contributed by atoms with Crippen molar-refractivity contribution < 1.29 is 14.4 Å². The summed E-state index contributed by atoms with van der Waals surface area (Å²) in [4.78, 5) is 44.3. The molecule has 3 amide bonds. The molecule has 4 rings (SSSR count). The molecule has 1 heterocycles. The smallest absolute Gasteiger partial charge is 0.272 e. The lowest BCUT2D eigenvalue weighted by molar-refractivity contribution is -0.116. The van der Waals surface area contributed by atoms with Crippen LogP contribution in [0.15, 0.2) is 88.8 Å². The van der Waals surface area contributed by atoms with Gasteiger partial charge in [-0.1, -0.05) is 60.5 Å². The van der Waals surface area contributed by atoms with Crippen molar-refractivity contribution in [3.8, 4) is 0 Å². The van der Waals surface area contributed by atoms with Crippen LogP contribution in [0.5, 0.6) is 0 Å². The van der Waals surface area contributed by atoms with Gasteiger partial charge in [0.15, 0.2) is 5.13 Å². The van der Waals surface area contributed by atoms with E-state index in [4.69, 9.17) is 23.2 Å². The average molecular weight is 626 g/mol. The van der Waals surface area contributed by atoms with Gasteiger partial charge in [0.25, 0.3) is 11.8 Å². The second kappa shape index (κ2) is 14.3. The molecule has 0 aliphatic rings. The molecular weight excluding hydrogens is 599 g/mol. The minimum atomic E-state index is -0.550. The predicted octanol–water partition coefficient (Wildman–Crippen LogP) is 7.68. The van der Waals surface area contributed by atoms with Crippen LogP contribution in [-0.4, -0.2) is 28.0 Å². The minimum Gasteiger partial charge on any atom is -0.321 e. The van der Waals surface area contributed by atoms with Crippen LogP contribution in [0.25, 0.3) is 6.08 Å². The molecule has 7 nitrogen and oxygen atoms in total. The maximum absolute atomic E-state index is 13.4. The van der Waals surface area contributed by atoms with Gasteiger partial charge in [-0.2, -0.15) is 0 Å². The fourth-order valence-corrected chi connectivity index (χ4v) is 5.81. The lowest BCUT2D eigenvalue weighted by atomic mass is 10.1. The Bertz CT molecular complexity index is 1590. The summed E-state index contributed by atoms with van der Waals surface area (Å²) in [6, 6.07) is 20.6. The van der Waals surface area contributed by atoms with Gasteiger partial charge in [-0.05, 0) is 67.4 Å². The van der Waals surface area contributed by atoms with Crippen molar-refractivity contribution >= 4 is 80.9 Å². The van der Waals surface area contributed by atoms with E-state index in [0.717, 1.165) is 10.6 Å². The standard InChI is InChI=1S/C30H26Cl2N4O3S2/c1-3-26(29(39)36-30-33-18(2)17-40-30)41-23-11-7-10-22(16-23)34-28(38)25(14-20-12-13-21(31)15-24(20)32)35-27(37)19-8-5-4-6-9-19/h4-17,26H,3H2,1-2H3,(H,34,38)(H,35,37)(H,33,36,39)/b25-14+. The Hall–Kier alpha value is -3.63. The predicted molar refractivity (Wildman–Crippen MR) is 169 cm³/mol. The quantitative estimate of drug-likeness (QED) is 0.124. The molecule has 0 spiro atoms. The van der Waals surface area contributed by atoms with Crippen LogP contribution >= 0.6 is 46.3 Å². The maximum Gasteiger partial charge on any atom is 0.272 e. The summed E-state index contributed by atoms with van der Waals surface area (Å²) in [5.41, 5.74) is 2.23. The second-order valence-electron chi connectivity index (χ2n) is 8.82. The van der Waals surface area contributed by atoms with Crippen LogP contribution in [-0.2, 0) is 9.59 Å². The number of hydrogen-bond donors (Lipinski definition) is 3. The number of thiazole rings is 1. The second-order valence-corrected chi connectivity index (χ2v) is 11.8. The van der Waals surface area contributed by atoms with E-state index in [1.807, 2.05) is 25.3 Å². The van der Waals surface area contributed by atoms with Crippen molar-refractivity contribution in [2.75, 3.05) is 10.6 Å². The van der Waals surface area contributed by atoms with Crippen molar-refractivity contribution in [1.82, 2.24) is 10.3 Å². The molecule has 4 aromatic rings. The van der Waals surface area contributed by atoms with Crippen molar-refractivity contribution in [3.63, 3.8) is 0 Å². The van der Waals surface area contributed by atoms with E-state index in [1.165, 1.54) is 29.2 Å². The first-order valence-electron chi connectivity index (χ1n) is 12.6. The SMILES string of the molecule is CCC(Sc1cccc(NC(=O)/C(=C\c2ccc(Cl)cc2Cl)NC(=O)c2ccccc2)c1)C(=O)Nc1nc(C)cs1. The van der Waals surface area contributed by atoms with E-state index in [9.17, 15) is 14.4 Å². The first-order valence-corrected chi connectivity index (χ1v) is 15.1. The summed E-state index contributed by atoms with van der Waals surface area (Å²) >= 11 is 15.1. The summed E-state index contributed by atoms with van der Waals surface area (Å²) in [5.74, 6) is -1.14. The normalized spacial score (nSPS) is 12.0. The number of aryl methyl sites for hydroxylation is 1. The first kappa shape index (κ1) is 30.3. The molecule has 0 bridgehead atoms. The van der Waals surface area contributed by atoms with E-state index in [2.05, 4.69) is 20.9 Å². The van der Waals surface area contributed by atoms with Crippen LogP contribution in [0.3, 0.4) is 0 Å². The van der Waals surface area contributed by atoms with Gasteiger partial charge in [0.2, 0.25) is 5.91 Å². The lowest BCUT2D eigenvalue weighted by Gasteiger charge is -2.15. The number of hydrogen-bond acceptors (Lipinski definition) is 6. The third-order valence-corrected chi connectivity index (χ3v) is 8.47. The molecule has 0 fully saturated rings. The van der Waals surface area contributed by atoms with E-state index < -0.39 is 11.8 Å². The molecule has 1 unspecified atom stereocenters. The van der Waals surface area contributed by atoms with Crippen LogP contribution in [0.4, 0.5) is 10.8 Å². The zero-order valence-corrected chi connectivity index (χ0v) is 25.3. The Balaban J connectivity index is 1.52. The number of thioether (sulfide) groups is 1. The summed E-state index contributed by atoms with van der Waals surface area (Å²) in [6.45, 7) is 3.81. The van der Waals surface area contributed by atoms with Gasteiger partial charge in [-0.25, -0.2) is 4.98 Å². The molecule has 1 atom stereocenters. The summed E-state index contributed by atoms with van der Waals surface area (Å²) in [7, 11) is 0. The molecule has 3 aromatic carbocycles. The number of halogens is 2. The summed E-state index contributed by atoms with van der Waals surface area (Å²) in [6.07, 6.45) is 2.09. The zero-order chi connectivity index (χ0) is 29.4. The van der Waals surface area contributed by atoms with Crippen LogP contribution in [0.1, 0.15) is 35.0 Å². The Morgan fingerprint density at radius 2 is 1.78 bits per heavy atom. The van der Waals surface area contributed by atoms with Gasteiger partial charge in [-0.3, -0.25) is 14.4 Å². The van der Waals surface area contributed by atoms with Crippen molar-refractivity contribution in [3.05, 3.63) is 111 Å². The minimum absolute atomic E-state index is 0.00862. The van der Waals surface area contributed by atoms with Crippen molar-refractivity contribution in [1.29, 1.82) is 0 Å². The summed E-state index contributed by atoms with van der Waals surface area (Å²) in [5, 5.41) is 11.3.